The summed E-state index contributed by atoms with van der Waals surface area (Å²) in [7, 11) is 0. The van der Waals surface area contributed by atoms with Crippen LogP contribution in [0.3, 0.4) is 0 Å². The molecule has 1 aliphatic rings. The van der Waals surface area contributed by atoms with Crippen molar-refractivity contribution in [3.8, 4) is 0 Å². The lowest BCUT2D eigenvalue weighted by Gasteiger charge is -2.21. The van der Waals surface area contributed by atoms with Crippen LogP contribution >= 0.6 is 0 Å². The number of hydrogen-bond acceptors (Lipinski definition) is 4. The van der Waals surface area contributed by atoms with Crippen LogP contribution in [0.2, 0.25) is 0 Å². The van der Waals surface area contributed by atoms with Crippen molar-refractivity contribution in [2.45, 2.75) is 45.1 Å². The molecule has 1 fully saturated rings. The third-order valence-corrected chi connectivity index (χ3v) is 2.99. The Labute approximate surface area is 110 Å². The molecule has 0 saturated heterocycles. The van der Waals surface area contributed by atoms with Crippen molar-refractivity contribution in [3.05, 3.63) is 12.2 Å². The summed E-state index contributed by atoms with van der Waals surface area (Å²) in [5.41, 5.74) is 0. The van der Waals surface area contributed by atoms with E-state index < -0.39 is 0 Å². The molecule has 0 bridgehead atoms. The largest absolute Gasteiger partial charge is 0.463 e. The fourth-order valence-electron chi connectivity index (χ4n) is 2.06. The molecule has 0 spiro atoms. The van der Waals surface area contributed by atoms with Crippen LogP contribution in [-0.2, 0) is 14.3 Å². The molecule has 0 heterocycles. The van der Waals surface area contributed by atoms with Gasteiger partial charge in [-0.25, -0.2) is 4.79 Å². The lowest BCUT2D eigenvalue weighted by atomic mass is 9.98. The topological polar surface area (TPSA) is 47.6 Å². The van der Waals surface area contributed by atoms with E-state index in [2.05, 4.69) is 5.32 Å². The summed E-state index contributed by atoms with van der Waals surface area (Å²) >= 11 is 0. The molecule has 1 N–H and O–H groups in total. The SMILES string of the molecule is CCOC(=O)/C=C/CNCCOC1CCCCC1. The summed E-state index contributed by atoms with van der Waals surface area (Å²) in [6, 6.07) is 0. The first-order valence-electron chi connectivity index (χ1n) is 6.98. The molecular formula is C14H25NO3. The molecule has 4 nitrogen and oxygen atoms in total. The fraction of sp³-hybridized carbons (Fsp3) is 0.786. The number of carbonyl (C=O) groups excluding carboxylic acids is 1. The molecule has 0 aromatic carbocycles. The highest BCUT2D eigenvalue weighted by atomic mass is 16.5. The second kappa shape index (κ2) is 10.1. The Morgan fingerprint density at radius 2 is 2.11 bits per heavy atom. The third kappa shape index (κ3) is 7.45. The first-order chi connectivity index (χ1) is 8.83. The second-order valence-electron chi connectivity index (χ2n) is 4.49. The van der Waals surface area contributed by atoms with Crippen LogP contribution in [0.4, 0.5) is 0 Å². The van der Waals surface area contributed by atoms with E-state index >= 15 is 0 Å². The molecular weight excluding hydrogens is 230 g/mol. The van der Waals surface area contributed by atoms with E-state index in [1.807, 2.05) is 0 Å². The van der Waals surface area contributed by atoms with Gasteiger partial charge in [0.05, 0.1) is 19.3 Å². The molecule has 0 amide bonds. The minimum absolute atomic E-state index is 0.280. The van der Waals surface area contributed by atoms with Crippen LogP contribution in [0.25, 0.3) is 0 Å². The van der Waals surface area contributed by atoms with Gasteiger partial charge in [-0.15, -0.1) is 0 Å². The molecule has 0 aromatic heterocycles. The van der Waals surface area contributed by atoms with Gasteiger partial charge in [-0.2, -0.15) is 0 Å². The molecule has 104 valence electrons. The molecule has 1 saturated carbocycles. The first-order valence-corrected chi connectivity index (χ1v) is 6.98. The predicted molar refractivity (Wildman–Crippen MR) is 71.5 cm³/mol. The smallest absolute Gasteiger partial charge is 0.330 e. The van der Waals surface area contributed by atoms with Gasteiger partial charge in [0.2, 0.25) is 0 Å². The maximum atomic E-state index is 11.0. The van der Waals surface area contributed by atoms with Crippen molar-refractivity contribution in [2.75, 3.05) is 26.3 Å². The Kier molecular flexibility index (Phi) is 8.51. The number of hydrogen-bond donors (Lipinski definition) is 1. The highest BCUT2D eigenvalue weighted by molar-refractivity contribution is 5.81. The zero-order chi connectivity index (χ0) is 13.1. The van der Waals surface area contributed by atoms with E-state index in [1.54, 1.807) is 13.0 Å². The summed E-state index contributed by atoms with van der Waals surface area (Å²) in [4.78, 5) is 11.0. The molecule has 0 radical (unpaired) electrons. The molecule has 1 rings (SSSR count). The number of rotatable bonds is 8. The average molecular weight is 255 g/mol. The molecule has 0 atom stereocenters. The zero-order valence-electron chi connectivity index (χ0n) is 11.3. The van der Waals surface area contributed by atoms with E-state index in [9.17, 15) is 4.79 Å². The molecule has 0 unspecified atom stereocenters. The third-order valence-electron chi connectivity index (χ3n) is 2.99. The Morgan fingerprint density at radius 1 is 1.33 bits per heavy atom. The molecule has 4 heteroatoms. The maximum Gasteiger partial charge on any atom is 0.330 e. The molecule has 0 aliphatic heterocycles. The van der Waals surface area contributed by atoms with Gasteiger partial charge >= 0.3 is 5.97 Å². The van der Waals surface area contributed by atoms with E-state index in [-0.39, 0.29) is 5.97 Å². The second-order valence-corrected chi connectivity index (χ2v) is 4.49. The number of nitrogens with one attached hydrogen (secondary N) is 1. The predicted octanol–water partition coefficient (Wildman–Crippen LogP) is 2.04. The van der Waals surface area contributed by atoms with Gasteiger partial charge < -0.3 is 14.8 Å². The summed E-state index contributed by atoms with van der Waals surface area (Å²) in [6.45, 7) is 4.47. The van der Waals surface area contributed by atoms with E-state index in [0.717, 1.165) is 13.2 Å². The van der Waals surface area contributed by atoms with Gasteiger partial charge in [-0.3, -0.25) is 0 Å². The Hall–Kier alpha value is -0.870. The summed E-state index contributed by atoms with van der Waals surface area (Å²) in [6.07, 6.45) is 10.1. The summed E-state index contributed by atoms with van der Waals surface area (Å²) in [5, 5.41) is 3.20. The van der Waals surface area contributed by atoms with Crippen LogP contribution < -0.4 is 5.32 Å². The van der Waals surface area contributed by atoms with Crippen molar-refractivity contribution in [1.82, 2.24) is 5.32 Å². The lowest BCUT2D eigenvalue weighted by Crippen LogP contribution is -2.24. The molecule has 1 aliphatic carbocycles. The van der Waals surface area contributed by atoms with Crippen molar-refractivity contribution in [1.29, 1.82) is 0 Å². The normalized spacial score (nSPS) is 17.2. The minimum Gasteiger partial charge on any atom is -0.463 e. The van der Waals surface area contributed by atoms with Gasteiger partial charge in [-0.1, -0.05) is 25.3 Å². The molecule has 18 heavy (non-hydrogen) atoms. The lowest BCUT2D eigenvalue weighted by molar-refractivity contribution is -0.137. The standard InChI is InChI=1S/C14H25NO3/c1-2-17-14(16)9-6-10-15-11-12-18-13-7-4-3-5-8-13/h6,9,13,15H,2-5,7-8,10-12H2,1H3/b9-6+. The zero-order valence-corrected chi connectivity index (χ0v) is 11.3. The van der Waals surface area contributed by atoms with Crippen LogP contribution in [0.15, 0.2) is 12.2 Å². The maximum absolute atomic E-state index is 11.0. The van der Waals surface area contributed by atoms with Gasteiger partial charge in [-0.05, 0) is 19.8 Å². The van der Waals surface area contributed by atoms with Gasteiger partial charge in [0.1, 0.15) is 0 Å². The monoisotopic (exact) mass is 255 g/mol. The summed E-state index contributed by atoms with van der Waals surface area (Å²) < 4.78 is 10.5. The van der Waals surface area contributed by atoms with Crippen LogP contribution in [-0.4, -0.2) is 38.4 Å². The van der Waals surface area contributed by atoms with E-state index in [0.29, 0.717) is 19.3 Å². The Bertz CT molecular complexity index is 247. The van der Waals surface area contributed by atoms with E-state index in [1.165, 1.54) is 38.2 Å². The average Bonchev–Trinajstić information content (AvgIpc) is 2.39. The van der Waals surface area contributed by atoms with Gasteiger partial charge in [0.25, 0.3) is 0 Å². The van der Waals surface area contributed by atoms with Crippen LogP contribution in [0.1, 0.15) is 39.0 Å². The van der Waals surface area contributed by atoms with Crippen molar-refractivity contribution < 1.29 is 14.3 Å². The number of ether oxygens (including phenoxy) is 2. The van der Waals surface area contributed by atoms with Crippen molar-refractivity contribution in [2.24, 2.45) is 0 Å². The van der Waals surface area contributed by atoms with Crippen molar-refractivity contribution >= 4 is 5.97 Å². The van der Waals surface area contributed by atoms with Crippen LogP contribution in [0.5, 0.6) is 0 Å². The number of esters is 1. The Morgan fingerprint density at radius 3 is 2.83 bits per heavy atom. The minimum atomic E-state index is -0.280. The highest BCUT2D eigenvalue weighted by Crippen LogP contribution is 2.19. The fourth-order valence-corrected chi connectivity index (χ4v) is 2.06. The van der Waals surface area contributed by atoms with Gasteiger partial charge in [0, 0.05) is 19.2 Å². The highest BCUT2D eigenvalue weighted by Gasteiger charge is 2.12. The quantitative estimate of drug-likeness (QED) is 0.409. The van der Waals surface area contributed by atoms with Gasteiger partial charge in [0.15, 0.2) is 0 Å². The summed E-state index contributed by atoms with van der Waals surface area (Å²) in [5.74, 6) is -0.280. The van der Waals surface area contributed by atoms with E-state index in [4.69, 9.17) is 9.47 Å². The number of carbonyl (C=O) groups is 1. The van der Waals surface area contributed by atoms with Crippen LogP contribution in [0, 0.1) is 0 Å². The Balaban J connectivity index is 1.90. The molecule has 0 aromatic rings. The first kappa shape index (κ1) is 15.2. The van der Waals surface area contributed by atoms with Crippen molar-refractivity contribution in [3.63, 3.8) is 0 Å².